The van der Waals surface area contributed by atoms with Crippen LogP contribution in [0, 0.1) is 0 Å². The van der Waals surface area contributed by atoms with Gasteiger partial charge >= 0.3 is 0 Å². The van der Waals surface area contributed by atoms with Crippen LogP contribution in [0.3, 0.4) is 0 Å². The lowest BCUT2D eigenvalue weighted by molar-refractivity contribution is 1.20. The van der Waals surface area contributed by atoms with Crippen molar-refractivity contribution in [3.63, 3.8) is 0 Å². The van der Waals surface area contributed by atoms with Crippen LogP contribution in [-0.2, 0) is 0 Å². The van der Waals surface area contributed by atoms with Gasteiger partial charge in [-0.05, 0) is 70.8 Å². The van der Waals surface area contributed by atoms with Crippen molar-refractivity contribution in [2.24, 2.45) is 0 Å². The molecule has 0 unspecified atom stereocenters. The lowest BCUT2D eigenvalue weighted by Crippen LogP contribution is -1.93. The van der Waals surface area contributed by atoms with E-state index in [9.17, 15) is 0 Å². The zero-order valence-electron chi connectivity index (χ0n) is 20.9. The summed E-state index contributed by atoms with van der Waals surface area (Å²) in [6, 6.07) is 48.5. The molecule has 0 aliphatic heterocycles. The lowest BCUT2D eigenvalue weighted by Gasteiger charge is -2.10. The number of hydrogen-bond donors (Lipinski definition) is 0. The summed E-state index contributed by atoms with van der Waals surface area (Å²) in [6.07, 6.45) is 0. The highest BCUT2D eigenvalue weighted by molar-refractivity contribution is 9.10. The molecule has 0 N–H and O–H groups in total. The SMILES string of the molecule is Brc1ccc(-c2cccc(-c3ccc4c(c3)c3ccccc3n4-c3cccc4c3sc3ccccc34)c2)cc1. The first-order chi connectivity index (χ1) is 19.2. The maximum absolute atomic E-state index is 3.55. The number of halogens is 1. The van der Waals surface area contributed by atoms with E-state index >= 15 is 0 Å². The Bertz CT molecular complexity index is 2180. The second-order valence-corrected chi connectivity index (χ2v) is 11.9. The van der Waals surface area contributed by atoms with E-state index in [-0.39, 0.29) is 0 Å². The van der Waals surface area contributed by atoms with Crippen LogP contribution in [0.4, 0.5) is 0 Å². The van der Waals surface area contributed by atoms with Crippen LogP contribution < -0.4 is 0 Å². The number of rotatable bonds is 3. The van der Waals surface area contributed by atoms with Gasteiger partial charge in [0, 0.05) is 30.7 Å². The summed E-state index contributed by atoms with van der Waals surface area (Å²) in [5.74, 6) is 0. The molecule has 0 radical (unpaired) electrons. The van der Waals surface area contributed by atoms with Crippen molar-refractivity contribution in [1.82, 2.24) is 4.57 Å². The van der Waals surface area contributed by atoms with E-state index in [1.165, 1.54) is 69.9 Å². The first-order valence-corrected chi connectivity index (χ1v) is 14.7. The number of hydrogen-bond acceptors (Lipinski definition) is 1. The number of aromatic nitrogens is 1. The van der Waals surface area contributed by atoms with Crippen LogP contribution >= 0.6 is 27.3 Å². The second-order valence-electron chi connectivity index (χ2n) is 9.92. The van der Waals surface area contributed by atoms with Crippen molar-refractivity contribution in [1.29, 1.82) is 0 Å². The highest BCUT2D eigenvalue weighted by atomic mass is 79.9. The Balaban J connectivity index is 1.35. The van der Waals surface area contributed by atoms with Gasteiger partial charge in [0.1, 0.15) is 0 Å². The Morgan fingerprint density at radius 3 is 1.97 bits per heavy atom. The quantitative estimate of drug-likeness (QED) is 0.196. The highest BCUT2D eigenvalue weighted by Gasteiger charge is 2.17. The minimum absolute atomic E-state index is 1.09. The van der Waals surface area contributed by atoms with Gasteiger partial charge in [-0.25, -0.2) is 0 Å². The Morgan fingerprint density at radius 2 is 1.10 bits per heavy atom. The van der Waals surface area contributed by atoms with Crippen LogP contribution in [0.25, 0.3) is 69.9 Å². The van der Waals surface area contributed by atoms with Crippen LogP contribution in [0.15, 0.2) is 138 Å². The Hall–Kier alpha value is -4.18. The third-order valence-corrected chi connectivity index (χ3v) is 9.41. The van der Waals surface area contributed by atoms with Crippen molar-refractivity contribution < 1.29 is 0 Å². The first-order valence-electron chi connectivity index (χ1n) is 13.0. The van der Waals surface area contributed by atoms with E-state index in [0.29, 0.717) is 0 Å². The molecule has 6 aromatic carbocycles. The van der Waals surface area contributed by atoms with Gasteiger partial charge in [-0.15, -0.1) is 11.3 Å². The number of nitrogens with zero attached hydrogens (tertiary/aromatic N) is 1. The molecule has 0 spiro atoms. The van der Waals surface area contributed by atoms with Gasteiger partial charge < -0.3 is 4.57 Å². The average molecular weight is 581 g/mol. The van der Waals surface area contributed by atoms with E-state index in [1.54, 1.807) is 0 Å². The Kier molecular flexibility index (Phi) is 5.22. The Labute approximate surface area is 238 Å². The summed E-state index contributed by atoms with van der Waals surface area (Å²) in [4.78, 5) is 0. The van der Waals surface area contributed by atoms with E-state index in [0.717, 1.165) is 4.47 Å². The molecule has 2 aromatic heterocycles. The van der Waals surface area contributed by atoms with Crippen molar-refractivity contribution >= 4 is 69.2 Å². The monoisotopic (exact) mass is 579 g/mol. The minimum atomic E-state index is 1.09. The third kappa shape index (κ3) is 3.65. The summed E-state index contributed by atoms with van der Waals surface area (Å²) >= 11 is 5.43. The molecule has 0 aliphatic rings. The van der Waals surface area contributed by atoms with Gasteiger partial charge in [0.15, 0.2) is 0 Å². The molecule has 0 saturated carbocycles. The molecule has 0 aliphatic carbocycles. The number of thiophene rings is 1. The van der Waals surface area contributed by atoms with Crippen LogP contribution in [0.2, 0.25) is 0 Å². The van der Waals surface area contributed by atoms with Gasteiger partial charge in [0.05, 0.1) is 21.4 Å². The molecular weight excluding hydrogens is 558 g/mol. The maximum Gasteiger partial charge on any atom is 0.0640 e. The van der Waals surface area contributed by atoms with Crippen molar-refractivity contribution in [2.75, 3.05) is 0 Å². The van der Waals surface area contributed by atoms with E-state index < -0.39 is 0 Å². The fraction of sp³-hybridized carbons (Fsp3) is 0. The molecule has 3 heteroatoms. The molecular formula is C36H22BrNS. The van der Waals surface area contributed by atoms with Crippen LogP contribution in [0.1, 0.15) is 0 Å². The molecule has 8 aromatic rings. The van der Waals surface area contributed by atoms with Crippen LogP contribution in [-0.4, -0.2) is 4.57 Å². The van der Waals surface area contributed by atoms with Crippen molar-refractivity contribution in [3.8, 4) is 27.9 Å². The summed E-state index contributed by atoms with van der Waals surface area (Å²) in [5, 5.41) is 5.19. The zero-order chi connectivity index (χ0) is 25.9. The summed E-state index contributed by atoms with van der Waals surface area (Å²) < 4.78 is 6.20. The molecule has 0 bridgehead atoms. The highest BCUT2D eigenvalue weighted by Crippen LogP contribution is 2.41. The number of fused-ring (bicyclic) bond motifs is 6. The van der Waals surface area contributed by atoms with Gasteiger partial charge in [0.2, 0.25) is 0 Å². The maximum atomic E-state index is 3.55. The van der Waals surface area contributed by atoms with Gasteiger partial charge in [0.25, 0.3) is 0 Å². The van der Waals surface area contributed by atoms with E-state index in [4.69, 9.17) is 0 Å². The van der Waals surface area contributed by atoms with Gasteiger partial charge in [-0.3, -0.25) is 0 Å². The fourth-order valence-electron chi connectivity index (χ4n) is 5.84. The minimum Gasteiger partial charge on any atom is -0.308 e. The average Bonchev–Trinajstić information content (AvgIpc) is 3.53. The zero-order valence-corrected chi connectivity index (χ0v) is 23.3. The predicted octanol–water partition coefficient (Wildman–Crippen LogP) is 11.2. The second kappa shape index (κ2) is 8.94. The largest absolute Gasteiger partial charge is 0.308 e. The van der Waals surface area contributed by atoms with E-state index in [2.05, 4.69) is 154 Å². The molecule has 39 heavy (non-hydrogen) atoms. The fourth-order valence-corrected chi connectivity index (χ4v) is 7.31. The van der Waals surface area contributed by atoms with Gasteiger partial charge in [-0.1, -0.05) is 101 Å². The lowest BCUT2D eigenvalue weighted by atomic mass is 9.98. The normalized spacial score (nSPS) is 11.7. The summed E-state index contributed by atoms with van der Waals surface area (Å²) in [5.41, 5.74) is 8.59. The summed E-state index contributed by atoms with van der Waals surface area (Å²) in [7, 11) is 0. The smallest absolute Gasteiger partial charge is 0.0640 e. The first kappa shape index (κ1) is 22.8. The summed E-state index contributed by atoms with van der Waals surface area (Å²) in [6.45, 7) is 0. The molecule has 8 rings (SSSR count). The van der Waals surface area contributed by atoms with Gasteiger partial charge in [-0.2, -0.15) is 0 Å². The number of para-hydroxylation sites is 1. The molecule has 0 fully saturated rings. The van der Waals surface area contributed by atoms with E-state index in [1.807, 2.05) is 11.3 Å². The van der Waals surface area contributed by atoms with Crippen molar-refractivity contribution in [2.45, 2.75) is 0 Å². The predicted molar refractivity (Wildman–Crippen MR) is 172 cm³/mol. The molecule has 0 atom stereocenters. The molecule has 0 amide bonds. The molecule has 184 valence electrons. The third-order valence-electron chi connectivity index (χ3n) is 7.67. The molecule has 1 nitrogen and oxygen atoms in total. The van der Waals surface area contributed by atoms with Crippen LogP contribution in [0.5, 0.6) is 0 Å². The van der Waals surface area contributed by atoms with Crippen molar-refractivity contribution in [3.05, 3.63) is 138 Å². The molecule has 2 heterocycles. The Morgan fingerprint density at radius 1 is 0.462 bits per heavy atom. The standard InChI is InChI=1S/C36H22BrNS/c37-27-18-15-23(16-19-27)24-7-5-8-25(21-24)26-17-20-33-31(22-26)28-9-1-3-12-32(28)38(33)34-13-6-11-30-29-10-2-4-14-35(29)39-36(30)34/h1-22H. The molecule has 0 saturated heterocycles. The number of benzene rings is 6. The topological polar surface area (TPSA) is 4.93 Å².